The predicted molar refractivity (Wildman–Crippen MR) is 66.2 cm³/mol. The summed E-state index contributed by atoms with van der Waals surface area (Å²) in [5.41, 5.74) is 3.71. The summed E-state index contributed by atoms with van der Waals surface area (Å²) in [6.07, 6.45) is 5.27. The first kappa shape index (κ1) is 9.86. The molecule has 1 heterocycles. The van der Waals surface area contributed by atoms with Crippen LogP contribution in [0.15, 0.2) is 22.7 Å². The Hall–Kier alpha value is -0.340. The van der Waals surface area contributed by atoms with Crippen molar-refractivity contribution in [1.29, 1.82) is 0 Å². The van der Waals surface area contributed by atoms with Gasteiger partial charge in [0, 0.05) is 4.47 Å². The van der Waals surface area contributed by atoms with Crippen LogP contribution in [0.25, 0.3) is 0 Å². The van der Waals surface area contributed by atoms with E-state index in [1.54, 1.807) is 11.1 Å². The Balaban J connectivity index is 2.05. The fourth-order valence-electron chi connectivity index (χ4n) is 3.19. The molecule has 2 heteroatoms. The van der Waals surface area contributed by atoms with Crippen molar-refractivity contribution in [3.05, 3.63) is 33.8 Å². The van der Waals surface area contributed by atoms with Crippen molar-refractivity contribution < 1.29 is 0 Å². The molecule has 0 radical (unpaired) electrons. The minimum atomic E-state index is 0.504. The van der Waals surface area contributed by atoms with E-state index >= 15 is 0 Å². The molecule has 0 amide bonds. The van der Waals surface area contributed by atoms with E-state index in [0.29, 0.717) is 5.41 Å². The van der Waals surface area contributed by atoms with Crippen molar-refractivity contribution in [2.75, 3.05) is 13.1 Å². The Morgan fingerprint density at radius 1 is 1.13 bits per heavy atom. The molecule has 1 saturated heterocycles. The topological polar surface area (TPSA) is 12.0 Å². The summed E-state index contributed by atoms with van der Waals surface area (Å²) in [6.45, 7) is 2.37. The summed E-state index contributed by atoms with van der Waals surface area (Å²) in [6, 6.07) is 6.84. The van der Waals surface area contributed by atoms with E-state index in [2.05, 4.69) is 39.4 Å². The first-order valence-electron chi connectivity index (χ1n) is 5.80. The molecule has 1 aliphatic heterocycles. The molecule has 0 unspecified atom stereocenters. The molecule has 1 aliphatic carbocycles. The summed E-state index contributed by atoms with van der Waals surface area (Å²) in [5, 5.41) is 3.47. The first-order valence-corrected chi connectivity index (χ1v) is 6.59. The normalized spacial score (nSPS) is 23.0. The fraction of sp³-hybridized carbons (Fsp3) is 0.538. The highest BCUT2D eigenvalue weighted by molar-refractivity contribution is 9.10. The number of halogens is 1. The number of fused-ring (bicyclic) bond motifs is 2. The smallest absolute Gasteiger partial charge is 0.0178 e. The van der Waals surface area contributed by atoms with Crippen molar-refractivity contribution >= 4 is 15.9 Å². The summed E-state index contributed by atoms with van der Waals surface area (Å²) in [7, 11) is 0. The molecular formula is C13H16BrN. The second-order valence-corrected chi connectivity index (χ2v) is 5.75. The van der Waals surface area contributed by atoms with E-state index in [4.69, 9.17) is 0 Å². The quantitative estimate of drug-likeness (QED) is 0.761. The molecule has 0 saturated carbocycles. The molecule has 15 heavy (non-hydrogen) atoms. The van der Waals surface area contributed by atoms with Gasteiger partial charge in [0.1, 0.15) is 0 Å². The Kier molecular flexibility index (Phi) is 2.37. The molecule has 1 aromatic carbocycles. The van der Waals surface area contributed by atoms with Gasteiger partial charge < -0.3 is 5.32 Å². The third-order valence-corrected chi connectivity index (χ3v) is 4.57. The van der Waals surface area contributed by atoms with E-state index in [1.807, 2.05) is 0 Å². The van der Waals surface area contributed by atoms with Crippen LogP contribution in [0.4, 0.5) is 0 Å². The maximum atomic E-state index is 3.60. The van der Waals surface area contributed by atoms with Crippen LogP contribution in [0, 0.1) is 0 Å². The van der Waals surface area contributed by atoms with Gasteiger partial charge in [0.15, 0.2) is 0 Å². The van der Waals surface area contributed by atoms with Crippen LogP contribution in [-0.2, 0) is 11.8 Å². The fourth-order valence-corrected chi connectivity index (χ4v) is 3.55. The number of aryl methyl sites for hydroxylation is 1. The number of hydrogen-bond acceptors (Lipinski definition) is 1. The Morgan fingerprint density at radius 3 is 2.73 bits per heavy atom. The highest BCUT2D eigenvalue weighted by Crippen LogP contribution is 2.45. The minimum Gasteiger partial charge on any atom is -0.317 e. The number of rotatable bonds is 0. The van der Waals surface area contributed by atoms with Crippen molar-refractivity contribution in [1.82, 2.24) is 5.32 Å². The van der Waals surface area contributed by atoms with E-state index in [1.165, 1.54) is 43.2 Å². The van der Waals surface area contributed by atoms with Gasteiger partial charge in [-0.25, -0.2) is 0 Å². The second-order valence-electron chi connectivity index (χ2n) is 4.83. The third-order valence-electron chi connectivity index (χ3n) is 4.08. The van der Waals surface area contributed by atoms with Crippen molar-refractivity contribution in [2.45, 2.75) is 31.1 Å². The van der Waals surface area contributed by atoms with E-state index < -0.39 is 0 Å². The molecule has 1 spiro atoms. The zero-order chi connectivity index (χ0) is 10.3. The molecular weight excluding hydrogens is 250 g/mol. The van der Waals surface area contributed by atoms with Gasteiger partial charge in [-0.1, -0.05) is 22.0 Å². The van der Waals surface area contributed by atoms with Gasteiger partial charge in [-0.3, -0.25) is 0 Å². The van der Waals surface area contributed by atoms with E-state index in [0.717, 1.165) is 0 Å². The molecule has 1 aromatic rings. The average Bonchev–Trinajstić information content (AvgIpc) is 2.59. The summed E-state index contributed by atoms with van der Waals surface area (Å²) >= 11 is 3.60. The molecule has 80 valence electrons. The van der Waals surface area contributed by atoms with E-state index in [9.17, 15) is 0 Å². The average molecular weight is 266 g/mol. The summed E-state index contributed by atoms with van der Waals surface area (Å²) in [5.74, 6) is 0. The number of nitrogens with one attached hydrogen (secondary N) is 1. The van der Waals surface area contributed by atoms with Gasteiger partial charge >= 0.3 is 0 Å². The summed E-state index contributed by atoms with van der Waals surface area (Å²) in [4.78, 5) is 0. The first-order chi connectivity index (χ1) is 7.30. The number of benzene rings is 1. The number of piperidine rings is 1. The Morgan fingerprint density at radius 2 is 1.93 bits per heavy atom. The van der Waals surface area contributed by atoms with Crippen LogP contribution in [0.5, 0.6) is 0 Å². The van der Waals surface area contributed by atoms with Crippen LogP contribution in [0.2, 0.25) is 0 Å². The Labute approximate surface area is 99.4 Å². The molecule has 1 N–H and O–H groups in total. The van der Waals surface area contributed by atoms with Crippen molar-refractivity contribution in [2.24, 2.45) is 0 Å². The second kappa shape index (κ2) is 3.60. The van der Waals surface area contributed by atoms with Gasteiger partial charge in [0.25, 0.3) is 0 Å². The highest BCUT2D eigenvalue weighted by Gasteiger charge is 2.39. The zero-order valence-corrected chi connectivity index (χ0v) is 10.4. The lowest BCUT2D eigenvalue weighted by molar-refractivity contribution is 0.306. The maximum Gasteiger partial charge on any atom is 0.0178 e. The van der Waals surface area contributed by atoms with Crippen molar-refractivity contribution in [3.63, 3.8) is 0 Å². The van der Waals surface area contributed by atoms with Crippen LogP contribution in [-0.4, -0.2) is 13.1 Å². The van der Waals surface area contributed by atoms with Crippen LogP contribution < -0.4 is 5.32 Å². The van der Waals surface area contributed by atoms with Crippen LogP contribution in [0.3, 0.4) is 0 Å². The zero-order valence-electron chi connectivity index (χ0n) is 8.85. The monoisotopic (exact) mass is 265 g/mol. The van der Waals surface area contributed by atoms with Crippen LogP contribution in [0.1, 0.15) is 30.4 Å². The largest absolute Gasteiger partial charge is 0.317 e. The van der Waals surface area contributed by atoms with Gasteiger partial charge in [-0.15, -0.1) is 0 Å². The van der Waals surface area contributed by atoms with Gasteiger partial charge in [0.2, 0.25) is 0 Å². The third kappa shape index (κ3) is 1.55. The molecule has 2 aliphatic rings. The lowest BCUT2D eigenvalue weighted by atomic mass is 9.74. The SMILES string of the molecule is Brc1ccc2c(c1)C1(CCNCC1)CC2. The molecule has 0 aromatic heterocycles. The van der Waals surface area contributed by atoms with E-state index in [-0.39, 0.29) is 0 Å². The number of hydrogen-bond donors (Lipinski definition) is 1. The predicted octanol–water partition coefficient (Wildman–Crippen LogP) is 3.02. The van der Waals surface area contributed by atoms with Crippen molar-refractivity contribution in [3.8, 4) is 0 Å². The van der Waals surface area contributed by atoms with Gasteiger partial charge in [-0.05, 0) is 67.4 Å². The van der Waals surface area contributed by atoms with Crippen LogP contribution >= 0.6 is 15.9 Å². The molecule has 1 nitrogen and oxygen atoms in total. The summed E-state index contributed by atoms with van der Waals surface area (Å²) < 4.78 is 1.24. The molecule has 0 bridgehead atoms. The van der Waals surface area contributed by atoms with Gasteiger partial charge in [0.05, 0.1) is 0 Å². The molecule has 3 rings (SSSR count). The highest BCUT2D eigenvalue weighted by atomic mass is 79.9. The van der Waals surface area contributed by atoms with Gasteiger partial charge in [-0.2, -0.15) is 0 Å². The minimum absolute atomic E-state index is 0.504. The lowest BCUT2D eigenvalue weighted by Gasteiger charge is -2.35. The standard InChI is InChI=1S/C13H16BrN/c14-11-2-1-10-3-4-13(12(10)9-11)5-7-15-8-6-13/h1-2,9,15H,3-8H2. The molecule has 0 atom stereocenters. The Bertz CT molecular complexity index is 375. The maximum absolute atomic E-state index is 3.60. The lowest BCUT2D eigenvalue weighted by Crippen LogP contribution is -2.38. The molecule has 1 fully saturated rings.